The van der Waals surface area contributed by atoms with Gasteiger partial charge in [-0.25, -0.2) is 0 Å². The first-order valence-electron chi connectivity index (χ1n) is 9.94. The zero-order valence-corrected chi connectivity index (χ0v) is 18.4. The minimum Gasteiger partial charge on any atom is -0.477 e. The van der Waals surface area contributed by atoms with Crippen LogP contribution in [0.5, 0.6) is 5.75 Å². The van der Waals surface area contributed by atoms with Crippen LogP contribution < -0.4 is 15.0 Å². The molecule has 0 saturated carbocycles. The molecule has 2 aromatic rings. The molecule has 2 amide bonds. The molecular weight excluding hydrogens is 450 g/mol. The van der Waals surface area contributed by atoms with Gasteiger partial charge in [0.25, 0.3) is 5.91 Å². The zero-order valence-electron chi connectivity index (χ0n) is 16.8. The van der Waals surface area contributed by atoms with E-state index in [-0.39, 0.29) is 18.4 Å². The lowest BCUT2D eigenvalue weighted by atomic mass is 10.1. The van der Waals surface area contributed by atoms with Crippen LogP contribution in [0.4, 0.5) is 11.4 Å². The monoisotopic (exact) mass is 473 g/mol. The fourth-order valence-electron chi connectivity index (χ4n) is 3.66. The van der Waals surface area contributed by atoms with Gasteiger partial charge in [0.1, 0.15) is 5.75 Å². The molecule has 158 valence electrons. The summed E-state index contributed by atoms with van der Waals surface area (Å²) in [6.45, 7) is 4.61. The number of para-hydroxylation sites is 2. The van der Waals surface area contributed by atoms with Crippen molar-refractivity contribution in [1.29, 1.82) is 0 Å². The Balaban J connectivity index is 1.49. The third-order valence-corrected chi connectivity index (χ3v) is 5.85. The van der Waals surface area contributed by atoms with E-state index in [4.69, 9.17) is 9.47 Å². The Morgan fingerprint density at radius 3 is 2.70 bits per heavy atom. The lowest BCUT2D eigenvalue weighted by Gasteiger charge is -2.38. The van der Waals surface area contributed by atoms with E-state index in [1.165, 1.54) is 0 Å². The fourth-order valence-corrected chi connectivity index (χ4v) is 4.25. The molecule has 1 saturated heterocycles. The van der Waals surface area contributed by atoms with E-state index in [0.29, 0.717) is 44.3 Å². The molecule has 2 heterocycles. The van der Waals surface area contributed by atoms with Gasteiger partial charge in [0.2, 0.25) is 5.91 Å². The number of nitrogens with zero attached hydrogens (tertiary/aromatic N) is 2. The summed E-state index contributed by atoms with van der Waals surface area (Å²) in [6, 6.07) is 13.3. The van der Waals surface area contributed by atoms with Gasteiger partial charge in [0.15, 0.2) is 6.10 Å². The van der Waals surface area contributed by atoms with Gasteiger partial charge < -0.3 is 24.6 Å². The average Bonchev–Trinajstić information content (AvgIpc) is 2.75. The number of hydrogen-bond acceptors (Lipinski definition) is 5. The Kier molecular flexibility index (Phi) is 6.24. The summed E-state index contributed by atoms with van der Waals surface area (Å²) >= 11 is 3.49. The van der Waals surface area contributed by atoms with Crippen molar-refractivity contribution in [3.05, 3.63) is 52.5 Å². The molecule has 1 N–H and O–H groups in total. The third kappa shape index (κ3) is 4.60. The highest BCUT2D eigenvalue weighted by atomic mass is 79.9. The number of anilines is 2. The van der Waals surface area contributed by atoms with Crippen molar-refractivity contribution < 1.29 is 19.1 Å². The van der Waals surface area contributed by atoms with Crippen molar-refractivity contribution in [2.75, 3.05) is 49.6 Å². The van der Waals surface area contributed by atoms with Crippen molar-refractivity contribution in [3.63, 3.8) is 0 Å². The molecule has 30 heavy (non-hydrogen) atoms. The van der Waals surface area contributed by atoms with Crippen molar-refractivity contribution in [2.45, 2.75) is 13.0 Å². The quantitative estimate of drug-likeness (QED) is 0.738. The van der Waals surface area contributed by atoms with Gasteiger partial charge >= 0.3 is 0 Å². The smallest absolute Gasteiger partial charge is 0.265 e. The number of hydrogen-bond donors (Lipinski definition) is 1. The van der Waals surface area contributed by atoms with Crippen LogP contribution in [0.1, 0.15) is 5.56 Å². The Hall–Kier alpha value is -2.58. The summed E-state index contributed by atoms with van der Waals surface area (Å²) < 4.78 is 12.2. The first-order chi connectivity index (χ1) is 14.5. The molecule has 1 atom stereocenters. The Bertz CT molecular complexity index is 946. The molecule has 0 aromatic heterocycles. The second-order valence-electron chi connectivity index (χ2n) is 7.42. The van der Waals surface area contributed by atoms with Gasteiger partial charge in [-0.15, -0.1) is 0 Å². The van der Waals surface area contributed by atoms with Gasteiger partial charge in [-0.05, 0) is 52.7 Å². The van der Waals surface area contributed by atoms with Crippen molar-refractivity contribution in [1.82, 2.24) is 4.90 Å². The van der Waals surface area contributed by atoms with Crippen LogP contribution in [0.3, 0.4) is 0 Å². The Labute approximate surface area is 184 Å². The molecule has 0 unspecified atom stereocenters. The van der Waals surface area contributed by atoms with Crippen LogP contribution in [0.25, 0.3) is 0 Å². The highest BCUT2D eigenvalue weighted by molar-refractivity contribution is 9.10. The second kappa shape index (κ2) is 9.06. The van der Waals surface area contributed by atoms with Crippen LogP contribution in [-0.2, 0) is 14.3 Å². The molecule has 2 aromatic carbocycles. The number of carbonyl (C=O) groups excluding carboxylic acids is 2. The summed E-state index contributed by atoms with van der Waals surface area (Å²) in [5.41, 5.74) is 2.63. The highest BCUT2D eigenvalue weighted by Gasteiger charge is 2.34. The first kappa shape index (κ1) is 20.7. The lowest BCUT2D eigenvalue weighted by molar-refractivity contribution is -0.142. The maximum Gasteiger partial charge on any atom is 0.265 e. The van der Waals surface area contributed by atoms with Crippen LogP contribution in [0, 0.1) is 6.92 Å². The highest BCUT2D eigenvalue weighted by Crippen LogP contribution is 2.33. The molecule has 0 bridgehead atoms. The minimum atomic E-state index is -0.656. The number of fused-ring (bicyclic) bond motifs is 1. The predicted molar refractivity (Wildman–Crippen MR) is 118 cm³/mol. The number of nitrogens with one attached hydrogen (secondary N) is 1. The van der Waals surface area contributed by atoms with Crippen molar-refractivity contribution >= 4 is 39.1 Å². The summed E-state index contributed by atoms with van der Waals surface area (Å²) in [5, 5.41) is 2.94. The van der Waals surface area contributed by atoms with Crippen LogP contribution in [0.15, 0.2) is 46.9 Å². The molecule has 2 aliphatic heterocycles. The number of halogens is 1. The third-order valence-electron chi connectivity index (χ3n) is 5.19. The predicted octanol–water partition coefficient (Wildman–Crippen LogP) is 2.82. The number of rotatable bonds is 4. The molecule has 7 nitrogen and oxygen atoms in total. The maximum absolute atomic E-state index is 13.0. The van der Waals surface area contributed by atoms with E-state index in [1.807, 2.05) is 54.3 Å². The number of ether oxygens (including phenoxy) is 2. The SMILES string of the molecule is Cc1ccc(NC(=O)CN2C[C@H](C(=O)N3CCOCC3)Oc3ccccc32)c(Br)c1. The van der Waals surface area contributed by atoms with Gasteiger partial charge in [-0.3, -0.25) is 9.59 Å². The second-order valence-corrected chi connectivity index (χ2v) is 8.28. The van der Waals surface area contributed by atoms with E-state index < -0.39 is 6.10 Å². The lowest BCUT2D eigenvalue weighted by Crippen LogP contribution is -2.53. The fraction of sp³-hybridized carbons (Fsp3) is 0.364. The van der Waals surface area contributed by atoms with E-state index in [0.717, 1.165) is 15.7 Å². The van der Waals surface area contributed by atoms with Crippen LogP contribution in [0.2, 0.25) is 0 Å². The topological polar surface area (TPSA) is 71.1 Å². The van der Waals surface area contributed by atoms with E-state index in [2.05, 4.69) is 21.2 Å². The zero-order chi connectivity index (χ0) is 21.1. The van der Waals surface area contributed by atoms with Gasteiger partial charge in [0.05, 0.1) is 37.7 Å². The summed E-state index contributed by atoms with van der Waals surface area (Å²) in [4.78, 5) is 29.4. The standard InChI is InChI=1S/C22H24BrN3O4/c1-15-6-7-17(16(23)12-15)24-21(27)14-26-13-20(22(28)25-8-10-29-11-9-25)30-19-5-3-2-4-18(19)26/h2-7,12,20H,8-11,13-14H2,1H3,(H,24,27)/t20-/m1/s1. The van der Waals surface area contributed by atoms with Gasteiger partial charge in [0, 0.05) is 17.6 Å². The first-order valence-corrected chi connectivity index (χ1v) is 10.7. The number of benzene rings is 2. The largest absolute Gasteiger partial charge is 0.477 e. The van der Waals surface area contributed by atoms with E-state index in [9.17, 15) is 9.59 Å². The van der Waals surface area contributed by atoms with Crippen molar-refractivity contribution in [3.8, 4) is 5.75 Å². The molecule has 0 radical (unpaired) electrons. The van der Waals surface area contributed by atoms with E-state index >= 15 is 0 Å². The molecule has 8 heteroatoms. The summed E-state index contributed by atoms with van der Waals surface area (Å²) in [5.74, 6) is 0.382. The maximum atomic E-state index is 13.0. The number of amides is 2. The molecule has 0 spiro atoms. The van der Waals surface area contributed by atoms with Gasteiger partial charge in [-0.1, -0.05) is 18.2 Å². The van der Waals surface area contributed by atoms with Crippen LogP contribution in [-0.4, -0.2) is 62.2 Å². The summed E-state index contributed by atoms with van der Waals surface area (Å²) in [6.07, 6.45) is -0.656. The average molecular weight is 474 g/mol. The Morgan fingerprint density at radius 1 is 1.17 bits per heavy atom. The molecule has 1 fully saturated rings. The number of aryl methyl sites for hydroxylation is 1. The normalized spacial score (nSPS) is 18.4. The van der Waals surface area contributed by atoms with Crippen molar-refractivity contribution in [2.24, 2.45) is 0 Å². The number of morpholine rings is 1. The molecule has 0 aliphatic carbocycles. The number of carbonyl (C=O) groups is 2. The molecule has 2 aliphatic rings. The van der Waals surface area contributed by atoms with Gasteiger partial charge in [-0.2, -0.15) is 0 Å². The minimum absolute atomic E-state index is 0.0699. The summed E-state index contributed by atoms with van der Waals surface area (Å²) in [7, 11) is 0. The van der Waals surface area contributed by atoms with Crippen LogP contribution >= 0.6 is 15.9 Å². The van der Waals surface area contributed by atoms with E-state index in [1.54, 1.807) is 4.90 Å². The Morgan fingerprint density at radius 2 is 1.93 bits per heavy atom. The molecular formula is C22H24BrN3O4. The molecule has 4 rings (SSSR count).